The van der Waals surface area contributed by atoms with Gasteiger partial charge in [-0.15, -0.1) is 10.2 Å². The number of aromatic nitrogens is 6. The zero-order valence-corrected chi connectivity index (χ0v) is 18.9. The average molecular weight is 509 g/mol. The minimum absolute atomic E-state index is 0.124. The Morgan fingerprint density at radius 3 is 2.53 bits per heavy atom. The third kappa shape index (κ3) is 4.34. The third-order valence-electron chi connectivity index (χ3n) is 4.86. The van der Waals surface area contributed by atoms with Crippen LogP contribution in [0.15, 0.2) is 40.1 Å². The summed E-state index contributed by atoms with van der Waals surface area (Å²) >= 11 is 0. The second-order valence-electron chi connectivity index (χ2n) is 7.21. The number of tetrazole rings is 1. The Morgan fingerprint density at radius 2 is 1.88 bits per heavy atom. The maximum absolute atomic E-state index is 13.0. The topological polar surface area (TPSA) is 262 Å². The van der Waals surface area contributed by atoms with Gasteiger partial charge in [0.1, 0.15) is 9.79 Å². The molecule has 0 spiro atoms. The van der Waals surface area contributed by atoms with Crippen molar-refractivity contribution >= 4 is 37.0 Å². The minimum atomic E-state index is -4.67. The molecule has 0 saturated carbocycles. The lowest BCUT2D eigenvalue weighted by Crippen LogP contribution is -2.39. The number of primary sulfonamides is 1. The van der Waals surface area contributed by atoms with Gasteiger partial charge in [0.15, 0.2) is 5.95 Å². The highest BCUT2D eigenvalue weighted by atomic mass is 32.2. The molecule has 15 nitrogen and oxygen atoms in total. The summed E-state index contributed by atoms with van der Waals surface area (Å²) in [7, 11) is -9.13. The number of aliphatic hydroxyl groups is 1. The van der Waals surface area contributed by atoms with Crippen LogP contribution in [-0.4, -0.2) is 71.7 Å². The molecule has 0 aliphatic rings. The van der Waals surface area contributed by atoms with E-state index in [0.717, 1.165) is 6.07 Å². The number of rotatable bonds is 8. The van der Waals surface area contributed by atoms with Gasteiger partial charge in [-0.2, -0.15) is 5.21 Å². The number of nitrogens with zero attached hydrogens (tertiary/aromatic N) is 4. The minimum Gasteiger partial charge on any atom is -0.395 e. The van der Waals surface area contributed by atoms with Gasteiger partial charge in [-0.05, 0) is 22.9 Å². The van der Waals surface area contributed by atoms with E-state index in [9.17, 15) is 16.8 Å². The number of H-pyrrole nitrogens is 2. The van der Waals surface area contributed by atoms with Crippen LogP contribution in [0.4, 0.5) is 5.95 Å². The van der Waals surface area contributed by atoms with E-state index in [2.05, 4.69) is 35.3 Å². The van der Waals surface area contributed by atoms with Crippen molar-refractivity contribution in [2.75, 3.05) is 18.9 Å². The van der Waals surface area contributed by atoms with Gasteiger partial charge in [0.2, 0.25) is 25.9 Å². The number of anilines is 1. The van der Waals surface area contributed by atoms with Gasteiger partial charge in [0.25, 0.3) is 0 Å². The highest BCUT2D eigenvalue weighted by molar-refractivity contribution is 7.92. The van der Waals surface area contributed by atoms with E-state index in [1.54, 1.807) is 18.2 Å². The fourth-order valence-electron chi connectivity index (χ4n) is 3.40. The van der Waals surface area contributed by atoms with Crippen LogP contribution in [0.25, 0.3) is 33.5 Å². The Kier molecular flexibility index (Phi) is 6.06. The summed E-state index contributed by atoms with van der Waals surface area (Å²) in [4.78, 5) is 5.71. The average Bonchev–Trinajstić information content (AvgIpc) is 3.44. The normalized spacial score (nSPS) is 13.4. The van der Waals surface area contributed by atoms with Crippen molar-refractivity contribution in [3.8, 4) is 22.5 Å². The Morgan fingerprint density at radius 1 is 1.12 bits per heavy atom. The van der Waals surface area contributed by atoms with Crippen molar-refractivity contribution in [1.82, 2.24) is 35.3 Å². The summed E-state index contributed by atoms with van der Waals surface area (Å²) in [6.07, 6.45) is 0. The first kappa shape index (κ1) is 23.7. The largest absolute Gasteiger partial charge is 0.395 e. The Balaban J connectivity index is 2.06. The molecule has 17 heteroatoms. The number of aliphatic hydroxyl groups excluding tert-OH is 1. The molecule has 180 valence electrons. The molecule has 34 heavy (non-hydrogen) atoms. The number of para-hydroxylation sites is 1. The molecule has 0 aliphatic carbocycles. The van der Waals surface area contributed by atoms with Gasteiger partial charge < -0.3 is 21.6 Å². The molecule has 4 rings (SSSR count). The van der Waals surface area contributed by atoms with Gasteiger partial charge in [-0.3, -0.25) is 0 Å². The summed E-state index contributed by atoms with van der Waals surface area (Å²) in [5.74, 6) is -0.0949. The first-order valence-corrected chi connectivity index (χ1v) is 12.6. The molecular formula is C17H20N10O5S2. The lowest BCUT2D eigenvalue weighted by atomic mass is 9.98. The van der Waals surface area contributed by atoms with Crippen LogP contribution in [0.5, 0.6) is 0 Å². The maximum atomic E-state index is 13.0. The lowest BCUT2D eigenvalue weighted by Gasteiger charge is -2.17. The molecule has 2 aromatic carbocycles. The second kappa shape index (κ2) is 8.70. The quantitative estimate of drug-likeness (QED) is 0.140. The molecular weight excluding hydrogens is 488 g/mol. The Labute approximate surface area is 192 Å². The number of nitrogens with one attached hydrogen (secondary N) is 3. The standard InChI is InChI=1S/C17H20N10O5S2/c18-8(7-28)6-21-34(31,32)12-5-4-9(10-2-1-3-11-14(10)23-17(19)22-11)13(15(12)33(20,29)30)16-24-26-27-25-16/h1-5,8,21,28H,6-7,18H2,(H3,19,22,23)(H2,20,29,30)(H,24,25,26,27). The van der Waals surface area contributed by atoms with Gasteiger partial charge in [-0.1, -0.05) is 18.2 Å². The molecule has 0 radical (unpaired) electrons. The molecule has 2 aromatic heterocycles. The van der Waals surface area contributed by atoms with Crippen molar-refractivity contribution in [3.63, 3.8) is 0 Å². The van der Waals surface area contributed by atoms with Crippen LogP contribution in [0.2, 0.25) is 0 Å². The monoisotopic (exact) mass is 508 g/mol. The number of nitrogens with two attached hydrogens (primary N) is 3. The van der Waals surface area contributed by atoms with Gasteiger partial charge >= 0.3 is 0 Å². The maximum Gasteiger partial charge on any atom is 0.242 e. The Hall–Kier alpha value is -3.48. The fourth-order valence-corrected chi connectivity index (χ4v) is 6.09. The number of hydrogen-bond donors (Lipinski definition) is 7. The predicted molar refractivity (Wildman–Crippen MR) is 121 cm³/mol. The van der Waals surface area contributed by atoms with Gasteiger partial charge in [-0.25, -0.2) is 31.7 Å². The van der Waals surface area contributed by atoms with E-state index >= 15 is 0 Å². The number of sulfonamides is 2. The number of nitrogen functional groups attached to an aromatic ring is 1. The molecule has 2 heterocycles. The van der Waals surface area contributed by atoms with Crippen molar-refractivity contribution in [1.29, 1.82) is 0 Å². The summed E-state index contributed by atoms with van der Waals surface area (Å²) in [5.41, 5.74) is 12.7. The van der Waals surface area contributed by atoms with Crippen LogP contribution < -0.4 is 21.3 Å². The van der Waals surface area contributed by atoms with E-state index in [1.807, 2.05) is 0 Å². The van der Waals surface area contributed by atoms with Crippen LogP contribution in [-0.2, 0) is 20.0 Å². The first-order chi connectivity index (χ1) is 16.0. The Bertz CT molecular complexity index is 1570. The summed E-state index contributed by atoms with van der Waals surface area (Å²) in [6.45, 7) is -0.845. The third-order valence-corrected chi connectivity index (χ3v) is 7.44. The van der Waals surface area contributed by atoms with Crippen molar-refractivity contribution < 1.29 is 21.9 Å². The summed E-state index contributed by atoms with van der Waals surface area (Å²) in [6, 6.07) is 6.58. The summed E-state index contributed by atoms with van der Waals surface area (Å²) < 4.78 is 53.8. The van der Waals surface area contributed by atoms with E-state index in [0.29, 0.717) is 16.6 Å². The number of imidazole rings is 1. The second-order valence-corrected chi connectivity index (χ2v) is 10.4. The molecule has 0 saturated heterocycles. The molecule has 0 amide bonds. The van der Waals surface area contributed by atoms with Crippen LogP contribution in [0, 0.1) is 0 Å². The molecule has 1 atom stereocenters. The van der Waals surface area contributed by atoms with Crippen LogP contribution >= 0.6 is 0 Å². The zero-order chi connectivity index (χ0) is 24.7. The fraction of sp³-hybridized carbons (Fsp3) is 0.176. The molecule has 1 unspecified atom stereocenters. The highest BCUT2D eigenvalue weighted by Crippen LogP contribution is 2.40. The molecule has 0 bridgehead atoms. The van der Waals surface area contributed by atoms with E-state index < -0.39 is 42.5 Å². The first-order valence-electron chi connectivity index (χ1n) is 9.57. The predicted octanol–water partition coefficient (Wildman–Crippen LogP) is -1.76. The molecule has 0 fully saturated rings. The molecule has 4 aromatic rings. The number of aromatic amines is 2. The molecule has 0 aliphatic heterocycles. The number of benzene rings is 2. The van der Waals surface area contributed by atoms with E-state index in [-0.39, 0.29) is 29.4 Å². The van der Waals surface area contributed by atoms with Crippen LogP contribution in [0.3, 0.4) is 0 Å². The van der Waals surface area contributed by atoms with Crippen molar-refractivity contribution in [2.24, 2.45) is 10.9 Å². The highest BCUT2D eigenvalue weighted by Gasteiger charge is 2.32. The van der Waals surface area contributed by atoms with E-state index in [4.69, 9.17) is 21.7 Å². The zero-order valence-electron chi connectivity index (χ0n) is 17.3. The number of fused-ring (bicyclic) bond motifs is 1. The lowest BCUT2D eigenvalue weighted by molar-refractivity contribution is 0.266. The van der Waals surface area contributed by atoms with Crippen molar-refractivity contribution in [3.05, 3.63) is 30.3 Å². The smallest absolute Gasteiger partial charge is 0.242 e. The summed E-state index contributed by atoms with van der Waals surface area (Å²) in [5, 5.41) is 28.0. The van der Waals surface area contributed by atoms with Gasteiger partial charge in [0.05, 0.1) is 23.2 Å². The van der Waals surface area contributed by atoms with E-state index in [1.165, 1.54) is 6.07 Å². The van der Waals surface area contributed by atoms with Gasteiger partial charge in [0, 0.05) is 18.2 Å². The SMILES string of the molecule is Nc1nc2c(-c3ccc(S(=O)(=O)NCC(N)CO)c(S(N)(=O)=O)c3-c3nn[nH]n3)cccc2[nH]1. The van der Waals surface area contributed by atoms with Crippen LogP contribution in [0.1, 0.15) is 0 Å². The molecule has 10 N–H and O–H groups in total. The number of hydrogen-bond acceptors (Lipinski definition) is 11. The van der Waals surface area contributed by atoms with Crippen molar-refractivity contribution in [2.45, 2.75) is 15.8 Å².